The van der Waals surface area contributed by atoms with Crippen molar-refractivity contribution in [2.75, 3.05) is 27.2 Å². The third-order valence-electron chi connectivity index (χ3n) is 3.12. The number of ether oxygens (including phenoxy) is 1. The van der Waals surface area contributed by atoms with Crippen LogP contribution in [0.25, 0.3) is 0 Å². The SMILES string of the molecule is CCCNCc1ccc(OC)c(S(=O)(=O)N(C)CC)c1. The van der Waals surface area contributed by atoms with Gasteiger partial charge in [-0.1, -0.05) is 19.9 Å². The molecule has 1 aromatic carbocycles. The van der Waals surface area contributed by atoms with E-state index >= 15 is 0 Å². The molecule has 0 fully saturated rings. The van der Waals surface area contributed by atoms with Crippen molar-refractivity contribution in [3.8, 4) is 5.75 Å². The number of sulfonamides is 1. The van der Waals surface area contributed by atoms with Crippen LogP contribution in [0.5, 0.6) is 5.75 Å². The highest BCUT2D eigenvalue weighted by atomic mass is 32.2. The molecular formula is C14H24N2O3S. The Morgan fingerprint density at radius 3 is 2.55 bits per heavy atom. The largest absolute Gasteiger partial charge is 0.495 e. The quantitative estimate of drug-likeness (QED) is 0.744. The topological polar surface area (TPSA) is 58.6 Å². The first-order valence-electron chi connectivity index (χ1n) is 6.81. The van der Waals surface area contributed by atoms with Gasteiger partial charge >= 0.3 is 0 Å². The first-order valence-corrected chi connectivity index (χ1v) is 8.25. The van der Waals surface area contributed by atoms with Crippen LogP contribution in [0.3, 0.4) is 0 Å². The van der Waals surface area contributed by atoms with E-state index in [1.807, 2.05) is 6.07 Å². The molecule has 0 heterocycles. The predicted octanol–water partition coefficient (Wildman–Crippen LogP) is 1.84. The van der Waals surface area contributed by atoms with Gasteiger partial charge in [0.1, 0.15) is 10.6 Å². The van der Waals surface area contributed by atoms with E-state index in [1.165, 1.54) is 11.4 Å². The standard InChI is InChI=1S/C14H24N2O3S/c1-5-9-15-11-12-7-8-13(19-4)14(10-12)20(17,18)16(3)6-2/h7-8,10,15H,5-6,9,11H2,1-4H3. The zero-order chi connectivity index (χ0) is 15.2. The summed E-state index contributed by atoms with van der Waals surface area (Å²) < 4.78 is 31.4. The van der Waals surface area contributed by atoms with E-state index in [2.05, 4.69) is 12.2 Å². The van der Waals surface area contributed by atoms with E-state index in [-0.39, 0.29) is 4.90 Å². The van der Waals surface area contributed by atoms with Crippen LogP contribution < -0.4 is 10.1 Å². The van der Waals surface area contributed by atoms with Gasteiger partial charge in [-0.15, -0.1) is 0 Å². The molecule has 1 N–H and O–H groups in total. The molecule has 0 aromatic heterocycles. The molecule has 0 bridgehead atoms. The van der Waals surface area contributed by atoms with Gasteiger partial charge in [0.15, 0.2) is 0 Å². The van der Waals surface area contributed by atoms with Crippen molar-refractivity contribution in [3.63, 3.8) is 0 Å². The van der Waals surface area contributed by atoms with Crippen LogP contribution >= 0.6 is 0 Å². The van der Waals surface area contributed by atoms with Gasteiger partial charge in [0.2, 0.25) is 10.0 Å². The van der Waals surface area contributed by atoms with Crippen molar-refractivity contribution < 1.29 is 13.2 Å². The van der Waals surface area contributed by atoms with Crippen molar-refractivity contribution in [2.45, 2.75) is 31.7 Å². The molecule has 0 saturated heterocycles. The smallest absolute Gasteiger partial charge is 0.246 e. The van der Waals surface area contributed by atoms with Gasteiger partial charge in [-0.2, -0.15) is 0 Å². The minimum atomic E-state index is -3.50. The highest BCUT2D eigenvalue weighted by Gasteiger charge is 2.24. The Morgan fingerprint density at radius 2 is 2.00 bits per heavy atom. The summed E-state index contributed by atoms with van der Waals surface area (Å²) in [6, 6.07) is 5.27. The predicted molar refractivity (Wildman–Crippen MR) is 80.5 cm³/mol. The monoisotopic (exact) mass is 300 g/mol. The Morgan fingerprint density at radius 1 is 1.30 bits per heavy atom. The Kier molecular flexibility index (Phi) is 6.45. The summed E-state index contributed by atoms with van der Waals surface area (Å²) in [5, 5.41) is 3.26. The summed E-state index contributed by atoms with van der Waals surface area (Å²) in [6.45, 7) is 5.87. The summed E-state index contributed by atoms with van der Waals surface area (Å²) >= 11 is 0. The molecule has 6 heteroatoms. The van der Waals surface area contributed by atoms with E-state index in [0.29, 0.717) is 18.8 Å². The number of benzene rings is 1. The first kappa shape index (κ1) is 16.9. The third-order valence-corrected chi connectivity index (χ3v) is 5.07. The molecule has 0 saturated carbocycles. The molecule has 5 nitrogen and oxygen atoms in total. The van der Waals surface area contributed by atoms with E-state index in [4.69, 9.17) is 4.74 Å². The molecule has 0 spiro atoms. The molecule has 0 aliphatic rings. The minimum Gasteiger partial charge on any atom is -0.495 e. The van der Waals surface area contributed by atoms with Crippen molar-refractivity contribution >= 4 is 10.0 Å². The Balaban J connectivity index is 3.12. The van der Waals surface area contributed by atoms with Gasteiger partial charge in [0.25, 0.3) is 0 Å². The van der Waals surface area contributed by atoms with Crippen LogP contribution in [0.15, 0.2) is 23.1 Å². The zero-order valence-corrected chi connectivity index (χ0v) is 13.5. The lowest BCUT2D eigenvalue weighted by Gasteiger charge is -2.18. The van der Waals surface area contributed by atoms with E-state index in [1.54, 1.807) is 26.1 Å². The molecule has 0 aliphatic carbocycles. The Labute approximate surface area is 122 Å². The molecule has 0 radical (unpaired) electrons. The van der Waals surface area contributed by atoms with Crippen LogP contribution in [0.4, 0.5) is 0 Å². The summed E-state index contributed by atoms with van der Waals surface area (Å²) in [5.74, 6) is 0.379. The molecule has 0 atom stereocenters. The number of hydrogen-bond donors (Lipinski definition) is 1. The van der Waals surface area contributed by atoms with Gasteiger partial charge in [-0.3, -0.25) is 0 Å². The second-order valence-electron chi connectivity index (χ2n) is 4.58. The fourth-order valence-electron chi connectivity index (χ4n) is 1.78. The van der Waals surface area contributed by atoms with Crippen LogP contribution in [-0.4, -0.2) is 40.0 Å². The third kappa shape index (κ3) is 3.94. The van der Waals surface area contributed by atoms with Gasteiger partial charge in [0, 0.05) is 20.1 Å². The van der Waals surface area contributed by atoms with Crippen LogP contribution in [0.2, 0.25) is 0 Å². The van der Waals surface area contributed by atoms with Crippen molar-refractivity contribution in [1.82, 2.24) is 9.62 Å². The lowest BCUT2D eigenvalue weighted by atomic mass is 10.2. The summed E-state index contributed by atoms with van der Waals surface area (Å²) in [4.78, 5) is 0.222. The maximum Gasteiger partial charge on any atom is 0.246 e. The molecule has 1 rings (SSSR count). The maximum absolute atomic E-state index is 12.5. The average Bonchev–Trinajstić information content (AvgIpc) is 2.46. The number of methoxy groups -OCH3 is 1. The lowest BCUT2D eigenvalue weighted by molar-refractivity contribution is 0.398. The van der Waals surface area contributed by atoms with Crippen molar-refractivity contribution in [1.29, 1.82) is 0 Å². The normalized spacial score (nSPS) is 11.8. The highest BCUT2D eigenvalue weighted by molar-refractivity contribution is 7.89. The number of nitrogens with zero attached hydrogens (tertiary/aromatic N) is 1. The van der Waals surface area contributed by atoms with Gasteiger partial charge in [0.05, 0.1) is 7.11 Å². The lowest BCUT2D eigenvalue weighted by Crippen LogP contribution is -2.27. The van der Waals surface area contributed by atoms with Crippen LogP contribution in [0, 0.1) is 0 Å². The summed E-state index contributed by atoms with van der Waals surface area (Å²) in [7, 11) is -0.457. The van der Waals surface area contributed by atoms with Crippen molar-refractivity contribution in [2.24, 2.45) is 0 Å². The molecule has 114 valence electrons. The summed E-state index contributed by atoms with van der Waals surface area (Å²) in [6.07, 6.45) is 1.04. The second kappa shape index (κ2) is 7.61. The fourth-order valence-corrected chi connectivity index (χ4v) is 3.16. The molecule has 1 aromatic rings. The van der Waals surface area contributed by atoms with Gasteiger partial charge < -0.3 is 10.1 Å². The maximum atomic E-state index is 12.5. The minimum absolute atomic E-state index is 0.222. The zero-order valence-electron chi connectivity index (χ0n) is 12.6. The molecule has 0 unspecified atom stereocenters. The molecular weight excluding hydrogens is 276 g/mol. The Bertz CT molecular complexity index is 529. The van der Waals surface area contributed by atoms with Crippen LogP contribution in [0.1, 0.15) is 25.8 Å². The number of hydrogen-bond acceptors (Lipinski definition) is 4. The van der Waals surface area contributed by atoms with E-state index in [0.717, 1.165) is 18.5 Å². The Hall–Kier alpha value is -1.11. The first-order chi connectivity index (χ1) is 9.47. The average molecular weight is 300 g/mol. The fraction of sp³-hybridized carbons (Fsp3) is 0.571. The molecule has 20 heavy (non-hydrogen) atoms. The van der Waals surface area contributed by atoms with Gasteiger partial charge in [-0.05, 0) is 30.7 Å². The summed E-state index contributed by atoms with van der Waals surface area (Å²) in [5.41, 5.74) is 0.933. The van der Waals surface area contributed by atoms with E-state index in [9.17, 15) is 8.42 Å². The molecule has 0 aliphatic heterocycles. The number of nitrogens with one attached hydrogen (secondary N) is 1. The van der Waals surface area contributed by atoms with Gasteiger partial charge in [-0.25, -0.2) is 12.7 Å². The van der Waals surface area contributed by atoms with E-state index < -0.39 is 10.0 Å². The molecule has 0 amide bonds. The second-order valence-corrected chi connectivity index (χ2v) is 6.59. The highest BCUT2D eigenvalue weighted by Crippen LogP contribution is 2.27. The number of rotatable bonds is 8. The van der Waals surface area contributed by atoms with Crippen molar-refractivity contribution in [3.05, 3.63) is 23.8 Å². The van der Waals surface area contributed by atoms with Crippen LogP contribution in [-0.2, 0) is 16.6 Å².